The quantitative estimate of drug-likeness (QED) is 0.0382. The molecule has 0 heterocycles. The molecule has 0 saturated carbocycles. The van der Waals surface area contributed by atoms with Crippen LogP contribution in [0.3, 0.4) is 0 Å². The maximum Gasteiger partial charge on any atom is 0.327 e. The minimum atomic E-state index is -4.76. The number of carbonyl (C=O) groups is 2. The van der Waals surface area contributed by atoms with E-state index >= 15 is 0 Å². The molecule has 0 bridgehead atoms. The Balaban J connectivity index is 0. The fourth-order valence-corrected chi connectivity index (χ4v) is 5.16. The zero-order valence-electron chi connectivity index (χ0n) is 25.3. The van der Waals surface area contributed by atoms with Gasteiger partial charge in [-0.25, -0.2) is 0 Å². The topological polar surface area (TPSA) is 107 Å². The SMILES string of the molecule is CCCCCCCCCCCCCOC(=O)CC(C(=O)OCCCCCCCCCCCCC)S(=O)(=O)O.[Ba]. The molecule has 9 heteroatoms. The van der Waals surface area contributed by atoms with Crippen molar-refractivity contribution in [3.8, 4) is 0 Å². The van der Waals surface area contributed by atoms with E-state index in [0.29, 0.717) is 12.8 Å². The number of carbonyl (C=O) groups excluding carboxylic acids is 2. The molecule has 39 heavy (non-hydrogen) atoms. The molecule has 0 aromatic rings. The summed E-state index contributed by atoms with van der Waals surface area (Å²) in [6.45, 7) is 4.70. The van der Waals surface area contributed by atoms with Crippen LogP contribution >= 0.6 is 0 Å². The fourth-order valence-electron chi connectivity index (χ4n) is 4.50. The Bertz CT molecular complexity index is 670. The molecule has 7 nitrogen and oxygen atoms in total. The molecule has 1 atom stereocenters. The molecular weight excluding hydrogens is 642 g/mol. The van der Waals surface area contributed by atoms with Gasteiger partial charge in [0.1, 0.15) is 0 Å². The van der Waals surface area contributed by atoms with E-state index in [4.69, 9.17) is 9.47 Å². The number of rotatable bonds is 28. The van der Waals surface area contributed by atoms with Crippen molar-refractivity contribution in [1.29, 1.82) is 0 Å². The van der Waals surface area contributed by atoms with Crippen molar-refractivity contribution in [2.45, 2.75) is 167 Å². The largest absolute Gasteiger partial charge is 0.466 e. The van der Waals surface area contributed by atoms with Gasteiger partial charge >= 0.3 is 11.9 Å². The maximum atomic E-state index is 12.2. The molecule has 0 aromatic heterocycles. The van der Waals surface area contributed by atoms with Crippen molar-refractivity contribution in [2.24, 2.45) is 0 Å². The number of esters is 2. The van der Waals surface area contributed by atoms with E-state index in [9.17, 15) is 22.6 Å². The van der Waals surface area contributed by atoms with E-state index < -0.39 is 33.7 Å². The number of ether oxygens (including phenoxy) is 2. The predicted octanol–water partition coefficient (Wildman–Crippen LogP) is 7.96. The zero-order chi connectivity index (χ0) is 28.3. The van der Waals surface area contributed by atoms with Crippen molar-refractivity contribution in [2.75, 3.05) is 13.2 Å². The van der Waals surface area contributed by atoms with Gasteiger partial charge in [-0.15, -0.1) is 0 Å². The van der Waals surface area contributed by atoms with Crippen LogP contribution in [0.1, 0.15) is 162 Å². The first kappa shape index (κ1) is 41.6. The van der Waals surface area contributed by atoms with Crippen LogP contribution in [-0.2, 0) is 29.2 Å². The van der Waals surface area contributed by atoms with Gasteiger partial charge in [0.15, 0.2) is 5.25 Å². The smallest absolute Gasteiger partial charge is 0.327 e. The second kappa shape index (κ2) is 29.9. The Morgan fingerprint density at radius 2 is 0.872 bits per heavy atom. The molecule has 0 fully saturated rings. The summed E-state index contributed by atoms with van der Waals surface area (Å²) in [4.78, 5) is 24.3. The number of hydrogen-bond acceptors (Lipinski definition) is 6. The zero-order valence-corrected chi connectivity index (χ0v) is 30.5. The number of unbranched alkanes of at least 4 members (excludes halogenated alkanes) is 20. The molecule has 2 radical (unpaired) electrons. The summed E-state index contributed by atoms with van der Waals surface area (Å²) in [7, 11) is -4.76. The van der Waals surface area contributed by atoms with Gasteiger partial charge in [-0.1, -0.05) is 142 Å². The molecule has 0 aliphatic heterocycles. The minimum absolute atomic E-state index is 0. The molecule has 0 aliphatic carbocycles. The Labute approximate surface area is 280 Å². The molecule has 1 N–H and O–H groups in total. The summed E-state index contributed by atoms with van der Waals surface area (Å²) in [6, 6.07) is 0. The van der Waals surface area contributed by atoms with Crippen LogP contribution in [0.4, 0.5) is 0 Å². The normalized spacial score (nSPS) is 12.1. The summed E-state index contributed by atoms with van der Waals surface area (Å²) in [5.74, 6) is -1.91. The van der Waals surface area contributed by atoms with Crippen molar-refractivity contribution < 1.29 is 32.0 Å². The van der Waals surface area contributed by atoms with Crippen LogP contribution < -0.4 is 0 Å². The molecule has 0 aromatic carbocycles. The molecule has 0 amide bonds. The van der Waals surface area contributed by atoms with Crippen LogP contribution in [0.15, 0.2) is 0 Å². The van der Waals surface area contributed by atoms with Crippen molar-refractivity contribution in [3.63, 3.8) is 0 Å². The van der Waals surface area contributed by atoms with Gasteiger partial charge in [0, 0.05) is 48.9 Å². The third kappa shape index (κ3) is 28.3. The van der Waals surface area contributed by atoms with Crippen molar-refractivity contribution in [1.82, 2.24) is 0 Å². The van der Waals surface area contributed by atoms with E-state index in [0.717, 1.165) is 38.5 Å². The molecular formula is C30H58BaO7S. The molecule has 228 valence electrons. The van der Waals surface area contributed by atoms with Crippen molar-refractivity contribution >= 4 is 70.9 Å². The monoisotopic (exact) mass is 700 g/mol. The first-order valence-electron chi connectivity index (χ1n) is 15.6. The predicted molar refractivity (Wildman–Crippen MR) is 161 cm³/mol. The second-order valence-electron chi connectivity index (χ2n) is 10.7. The average Bonchev–Trinajstić information content (AvgIpc) is 2.87. The van der Waals surface area contributed by atoms with Gasteiger partial charge in [0.2, 0.25) is 0 Å². The van der Waals surface area contributed by atoms with E-state index in [2.05, 4.69) is 13.8 Å². The van der Waals surface area contributed by atoms with E-state index in [1.807, 2.05) is 0 Å². The van der Waals surface area contributed by atoms with Gasteiger partial charge in [-0.3, -0.25) is 14.1 Å². The minimum Gasteiger partial charge on any atom is -0.466 e. The van der Waals surface area contributed by atoms with Crippen LogP contribution in [-0.4, -0.2) is 92.3 Å². The Morgan fingerprint density at radius 1 is 0.564 bits per heavy atom. The fraction of sp³-hybridized carbons (Fsp3) is 0.933. The van der Waals surface area contributed by atoms with Gasteiger partial charge in [-0.2, -0.15) is 8.42 Å². The molecule has 0 saturated heterocycles. The van der Waals surface area contributed by atoms with Gasteiger partial charge in [0.25, 0.3) is 10.1 Å². The van der Waals surface area contributed by atoms with Crippen LogP contribution in [0, 0.1) is 0 Å². The van der Waals surface area contributed by atoms with Crippen LogP contribution in [0.2, 0.25) is 0 Å². The van der Waals surface area contributed by atoms with E-state index in [-0.39, 0.29) is 62.1 Å². The summed E-state index contributed by atoms with van der Waals surface area (Å²) in [6.07, 6.45) is 24.8. The van der Waals surface area contributed by atoms with Crippen molar-refractivity contribution in [3.05, 3.63) is 0 Å². The average molecular weight is 700 g/mol. The van der Waals surface area contributed by atoms with Crippen LogP contribution in [0.5, 0.6) is 0 Å². The van der Waals surface area contributed by atoms with E-state index in [1.54, 1.807) is 0 Å². The Morgan fingerprint density at radius 3 is 1.21 bits per heavy atom. The summed E-state index contributed by atoms with van der Waals surface area (Å²) in [5.41, 5.74) is 0. The molecule has 1 unspecified atom stereocenters. The van der Waals surface area contributed by atoms with Gasteiger partial charge in [0.05, 0.1) is 19.6 Å². The van der Waals surface area contributed by atoms with Crippen LogP contribution in [0.25, 0.3) is 0 Å². The molecule has 0 aliphatic rings. The standard InChI is InChI=1S/C30H58O7S.Ba/c1-3-5-7-9-11-13-15-17-19-21-23-25-36-29(31)27-28(38(33,34)35)30(32)37-26-24-22-20-18-16-14-12-10-8-6-4-2;/h28H,3-27H2,1-2H3,(H,33,34,35);. The van der Waals surface area contributed by atoms with Gasteiger partial charge in [-0.05, 0) is 12.8 Å². The Hall–Kier alpha value is 0.421. The molecule has 0 rings (SSSR count). The molecule has 0 spiro atoms. The third-order valence-electron chi connectivity index (χ3n) is 6.98. The first-order chi connectivity index (χ1) is 18.3. The third-order valence-corrected chi connectivity index (χ3v) is 8.06. The second-order valence-corrected chi connectivity index (χ2v) is 12.3. The number of hydrogen-bond donors (Lipinski definition) is 1. The van der Waals surface area contributed by atoms with E-state index in [1.165, 1.54) is 89.9 Å². The summed E-state index contributed by atoms with van der Waals surface area (Å²) < 4.78 is 42.9. The van der Waals surface area contributed by atoms with Gasteiger partial charge < -0.3 is 9.47 Å². The summed E-state index contributed by atoms with van der Waals surface area (Å²) >= 11 is 0. The first-order valence-corrected chi connectivity index (χ1v) is 17.1. The Kier molecular flexibility index (Phi) is 31.9. The maximum absolute atomic E-state index is 12.2. The summed E-state index contributed by atoms with van der Waals surface area (Å²) in [5, 5.41) is -1.93.